The molecule has 1 saturated carbocycles. The van der Waals surface area contributed by atoms with Crippen molar-refractivity contribution in [1.82, 2.24) is 5.32 Å². The monoisotopic (exact) mass is 268 g/mol. The number of aliphatic imine (C=N–C) groups is 1. The van der Waals surface area contributed by atoms with Gasteiger partial charge in [0.25, 0.3) is 0 Å². The second-order valence-electron chi connectivity index (χ2n) is 6.73. The van der Waals surface area contributed by atoms with Gasteiger partial charge >= 0.3 is 0 Å². The van der Waals surface area contributed by atoms with E-state index in [0.29, 0.717) is 5.41 Å². The Kier molecular flexibility index (Phi) is 4.63. The normalized spacial score (nSPS) is 23.8. The fraction of sp³-hybridized carbons (Fsp3) is 0.933. The molecule has 18 heavy (non-hydrogen) atoms. The highest BCUT2D eigenvalue weighted by atomic mass is 32.2. The summed E-state index contributed by atoms with van der Waals surface area (Å²) in [6.45, 7) is 7.87. The molecule has 0 aromatic heterocycles. The highest BCUT2D eigenvalue weighted by Crippen LogP contribution is 2.41. The Morgan fingerprint density at radius 1 is 1.28 bits per heavy atom. The molecular weight excluding hydrogens is 240 g/mol. The van der Waals surface area contributed by atoms with Crippen LogP contribution in [0.15, 0.2) is 4.99 Å². The maximum absolute atomic E-state index is 4.84. The Morgan fingerprint density at radius 2 is 2.00 bits per heavy atom. The summed E-state index contributed by atoms with van der Waals surface area (Å²) >= 11 is 1.96. The second kappa shape index (κ2) is 5.85. The number of thioether (sulfide) groups is 1. The van der Waals surface area contributed by atoms with Gasteiger partial charge in [0.05, 0.1) is 0 Å². The fourth-order valence-corrected chi connectivity index (χ4v) is 4.54. The molecule has 2 nitrogen and oxygen atoms in total. The first kappa shape index (κ1) is 14.2. The summed E-state index contributed by atoms with van der Waals surface area (Å²) in [4.78, 5) is 4.84. The van der Waals surface area contributed by atoms with Gasteiger partial charge in [0.15, 0.2) is 5.17 Å². The average molecular weight is 268 g/mol. The van der Waals surface area contributed by atoms with E-state index in [9.17, 15) is 0 Å². The van der Waals surface area contributed by atoms with Gasteiger partial charge < -0.3 is 5.32 Å². The standard InChI is InChI=1S/C15H28N2S/c1-4-8-14(2,3)17-13-16-11-15(12-18-13)9-6-5-7-10-15/h4-12H2,1-3H3,(H,16,17). The Hall–Kier alpha value is -0.180. The number of rotatable bonds is 3. The number of hydrogen-bond donors (Lipinski definition) is 1. The molecule has 3 heteroatoms. The SMILES string of the molecule is CCCC(C)(C)NC1=NCC2(CCCCC2)CS1. The molecule has 1 aliphatic carbocycles. The molecule has 1 heterocycles. The third kappa shape index (κ3) is 3.66. The van der Waals surface area contributed by atoms with Crippen LogP contribution in [-0.4, -0.2) is 23.0 Å². The van der Waals surface area contributed by atoms with Gasteiger partial charge in [0, 0.05) is 17.8 Å². The van der Waals surface area contributed by atoms with Gasteiger partial charge in [-0.25, -0.2) is 0 Å². The largest absolute Gasteiger partial charge is 0.360 e. The van der Waals surface area contributed by atoms with E-state index in [1.54, 1.807) is 0 Å². The van der Waals surface area contributed by atoms with Gasteiger partial charge in [-0.15, -0.1) is 0 Å². The quantitative estimate of drug-likeness (QED) is 0.829. The van der Waals surface area contributed by atoms with E-state index in [2.05, 4.69) is 26.1 Å². The first-order valence-corrected chi connectivity index (χ1v) is 8.49. The Labute approximate surface area is 116 Å². The number of nitrogens with one attached hydrogen (secondary N) is 1. The van der Waals surface area contributed by atoms with E-state index in [4.69, 9.17) is 4.99 Å². The zero-order valence-corrected chi connectivity index (χ0v) is 13.0. The van der Waals surface area contributed by atoms with Crippen LogP contribution < -0.4 is 5.32 Å². The van der Waals surface area contributed by atoms with E-state index in [0.717, 1.165) is 6.54 Å². The van der Waals surface area contributed by atoms with Gasteiger partial charge in [-0.3, -0.25) is 4.99 Å². The minimum atomic E-state index is 0.192. The third-order valence-electron chi connectivity index (χ3n) is 4.31. The Balaban J connectivity index is 1.90. The Bertz CT molecular complexity index is 304. The van der Waals surface area contributed by atoms with E-state index < -0.39 is 0 Å². The van der Waals surface area contributed by atoms with Gasteiger partial charge in [-0.05, 0) is 38.5 Å². The second-order valence-corrected chi connectivity index (χ2v) is 7.69. The van der Waals surface area contributed by atoms with Crippen LogP contribution in [0.2, 0.25) is 0 Å². The molecule has 0 bridgehead atoms. The van der Waals surface area contributed by atoms with Crippen LogP contribution in [0.25, 0.3) is 0 Å². The minimum absolute atomic E-state index is 0.192. The molecule has 0 unspecified atom stereocenters. The number of nitrogens with zero attached hydrogens (tertiary/aromatic N) is 1. The van der Waals surface area contributed by atoms with Crippen molar-refractivity contribution >= 4 is 16.9 Å². The molecule has 0 radical (unpaired) electrons. The highest BCUT2D eigenvalue weighted by molar-refractivity contribution is 8.13. The lowest BCUT2D eigenvalue weighted by Gasteiger charge is -2.39. The van der Waals surface area contributed by atoms with E-state index in [1.165, 1.54) is 55.9 Å². The molecular formula is C15H28N2S. The number of hydrogen-bond acceptors (Lipinski definition) is 3. The molecule has 1 aliphatic heterocycles. The fourth-order valence-electron chi connectivity index (χ4n) is 3.21. The van der Waals surface area contributed by atoms with Gasteiger partial charge in [0.2, 0.25) is 0 Å². The van der Waals surface area contributed by atoms with Crippen LogP contribution in [0.3, 0.4) is 0 Å². The maximum atomic E-state index is 4.84. The third-order valence-corrected chi connectivity index (χ3v) is 5.57. The predicted molar refractivity (Wildman–Crippen MR) is 82.4 cm³/mol. The van der Waals surface area contributed by atoms with Crippen LogP contribution in [-0.2, 0) is 0 Å². The predicted octanol–water partition coefficient (Wildman–Crippen LogP) is 4.21. The van der Waals surface area contributed by atoms with Crippen molar-refractivity contribution in [2.45, 2.75) is 71.3 Å². The van der Waals surface area contributed by atoms with Gasteiger partial charge in [0.1, 0.15) is 0 Å². The molecule has 1 N–H and O–H groups in total. The zero-order chi connectivity index (χ0) is 13.1. The maximum Gasteiger partial charge on any atom is 0.156 e. The lowest BCUT2D eigenvalue weighted by atomic mass is 9.75. The van der Waals surface area contributed by atoms with Crippen molar-refractivity contribution in [2.75, 3.05) is 12.3 Å². The number of amidine groups is 1. The van der Waals surface area contributed by atoms with Crippen molar-refractivity contribution in [3.8, 4) is 0 Å². The molecule has 1 fully saturated rings. The summed E-state index contributed by atoms with van der Waals surface area (Å²) < 4.78 is 0. The van der Waals surface area contributed by atoms with Crippen molar-refractivity contribution in [1.29, 1.82) is 0 Å². The van der Waals surface area contributed by atoms with Crippen LogP contribution in [0, 0.1) is 5.41 Å². The molecule has 0 amide bonds. The van der Waals surface area contributed by atoms with Crippen molar-refractivity contribution in [3.63, 3.8) is 0 Å². The van der Waals surface area contributed by atoms with Crippen LogP contribution in [0.1, 0.15) is 65.7 Å². The summed E-state index contributed by atoms with van der Waals surface area (Å²) in [6.07, 6.45) is 9.50. The summed E-state index contributed by atoms with van der Waals surface area (Å²) in [5, 5.41) is 4.82. The lowest BCUT2D eigenvalue weighted by Crippen LogP contribution is -2.45. The van der Waals surface area contributed by atoms with E-state index in [-0.39, 0.29) is 5.54 Å². The van der Waals surface area contributed by atoms with Crippen LogP contribution in [0.4, 0.5) is 0 Å². The highest BCUT2D eigenvalue weighted by Gasteiger charge is 2.35. The van der Waals surface area contributed by atoms with Crippen LogP contribution in [0.5, 0.6) is 0 Å². The Morgan fingerprint density at radius 3 is 2.56 bits per heavy atom. The van der Waals surface area contributed by atoms with Gasteiger partial charge in [-0.2, -0.15) is 0 Å². The first-order valence-electron chi connectivity index (χ1n) is 7.51. The lowest BCUT2D eigenvalue weighted by molar-refractivity contribution is 0.232. The van der Waals surface area contributed by atoms with E-state index >= 15 is 0 Å². The summed E-state index contributed by atoms with van der Waals surface area (Å²) in [7, 11) is 0. The molecule has 104 valence electrons. The van der Waals surface area contributed by atoms with Crippen LogP contribution >= 0.6 is 11.8 Å². The summed E-state index contributed by atoms with van der Waals surface area (Å²) in [5.74, 6) is 1.28. The molecule has 0 saturated heterocycles. The minimum Gasteiger partial charge on any atom is -0.360 e. The summed E-state index contributed by atoms with van der Waals surface area (Å²) in [5.41, 5.74) is 0.737. The molecule has 0 aromatic rings. The molecule has 0 atom stereocenters. The van der Waals surface area contributed by atoms with Crippen molar-refractivity contribution in [2.24, 2.45) is 10.4 Å². The summed E-state index contributed by atoms with van der Waals surface area (Å²) in [6, 6.07) is 0. The van der Waals surface area contributed by atoms with E-state index in [1.807, 2.05) is 11.8 Å². The van der Waals surface area contributed by atoms with Crippen molar-refractivity contribution in [3.05, 3.63) is 0 Å². The first-order chi connectivity index (χ1) is 8.55. The average Bonchev–Trinajstić information content (AvgIpc) is 2.33. The zero-order valence-electron chi connectivity index (χ0n) is 12.2. The molecule has 0 aromatic carbocycles. The molecule has 2 rings (SSSR count). The van der Waals surface area contributed by atoms with Gasteiger partial charge in [-0.1, -0.05) is 44.4 Å². The molecule has 2 aliphatic rings. The van der Waals surface area contributed by atoms with Crippen molar-refractivity contribution < 1.29 is 0 Å². The smallest absolute Gasteiger partial charge is 0.156 e. The topological polar surface area (TPSA) is 24.4 Å². The molecule has 1 spiro atoms.